The van der Waals surface area contributed by atoms with Crippen LogP contribution in [0.1, 0.15) is 51.9 Å². The van der Waals surface area contributed by atoms with Crippen LogP contribution >= 0.6 is 15.9 Å². The number of rotatable bonds is 5. The molecule has 0 saturated carbocycles. The summed E-state index contributed by atoms with van der Waals surface area (Å²) >= 11 is 3.79. The standard InChI is InChI=1S/C14H25BrN2/c1-6-17-12(10-11(2)16-17)8-7-9-13(15)14(3,4)5/h10,13H,6-9H2,1-5H3. The van der Waals surface area contributed by atoms with Gasteiger partial charge in [0.05, 0.1) is 5.69 Å². The first-order chi connectivity index (χ1) is 7.84. The molecule has 0 aliphatic heterocycles. The molecule has 0 N–H and O–H groups in total. The lowest BCUT2D eigenvalue weighted by Gasteiger charge is -2.25. The lowest BCUT2D eigenvalue weighted by molar-refractivity contribution is 0.379. The first kappa shape index (κ1) is 14.7. The van der Waals surface area contributed by atoms with Crippen LogP contribution in [0.2, 0.25) is 0 Å². The number of aryl methyl sites for hydroxylation is 3. The molecule has 0 saturated heterocycles. The molecule has 1 aromatic heterocycles. The van der Waals surface area contributed by atoms with Gasteiger partial charge >= 0.3 is 0 Å². The average molecular weight is 301 g/mol. The molecule has 0 aromatic carbocycles. The number of nitrogens with zero attached hydrogens (tertiary/aromatic N) is 2. The van der Waals surface area contributed by atoms with Crippen LogP contribution < -0.4 is 0 Å². The van der Waals surface area contributed by atoms with E-state index < -0.39 is 0 Å². The summed E-state index contributed by atoms with van der Waals surface area (Å²) in [6, 6.07) is 2.21. The Balaban J connectivity index is 2.46. The third-order valence-corrected chi connectivity index (χ3v) is 4.95. The molecule has 0 radical (unpaired) electrons. The molecule has 0 aliphatic carbocycles. The van der Waals surface area contributed by atoms with Gasteiger partial charge in [-0.25, -0.2) is 0 Å². The Morgan fingerprint density at radius 2 is 2.06 bits per heavy atom. The van der Waals surface area contributed by atoms with Crippen molar-refractivity contribution >= 4 is 15.9 Å². The van der Waals surface area contributed by atoms with Crippen molar-refractivity contribution in [1.29, 1.82) is 0 Å². The molecule has 1 aromatic rings. The largest absolute Gasteiger partial charge is 0.270 e. The normalized spacial score (nSPS) is 14.0. The molecule has 1 unspecified atom stereocenters. The molecule has 2 nitrogen and oxygen atoms in total. The second kappa shape index (κ2) is 6.03. The first-order valence-corrected chi connectivity index (χ1v) is 7.43. The highest BCUT2D eigenvalue weighted by Crippen LogP contribution is 2.29. The summed E-state index contributed by atoms with van der Waals surface area (Å²) in [6.45, 7) is 12.0. The molecule has 1 atom stereocenters. The zero-order chi connectivity index (χ0) is 13.1. The lowest BCUT2D eigenvalue weighted by atomic mass is 9.89. The Labute approximate surface area is 114 Å². The fourth-order valence-electron chi connectivity index (χ4n) is 1.97. The number of aromatic nitrogens is 2. The lowest BCUT2D eigenvalue weighted by Crippen LogP contribution is -2.20. The molecule has 0 bridgehead atoms. The summed E-state index contributed by atoms with van der Waals surface area (Å²) in [5.41, 5.74) is 2.85. The summed E-state index contributed by atoms with van der Waals surface area (Å²) in [6.07, 6.45) is 3.57. The van der Waals surface area contributed by atoms with E-state index in [2.05, 4.69) is 66.4 Å². The highest BCUT2D eigenvalue weighted by Gasteiger charge is 2.21. The highest BCUT2D eigenvalue weighted by atomic mass is 79.9. The predicted octanol–water partition coefficient (Wildman–Crippen LogP) is 4.34. The van der Waals surface area contributed by atoms with Crippen LogP contribution in [-0.2, 0) is 13.0 Å². The minimum atomic E-state index is 0.348. The van der Waals surface area contributed by atoms with Gasteiger partial charge in [0.2, 0.25) is 0 Å². The van der Waals surface area contributed by atoms with Crippen LogP contribution in [0.4, 0.5) is 0 Å². The van der Waals surface area contributed by atoms with E-state index in [1.165, 1.54) is 18.5 Å². The SMILES string of the molecule is CCn1nc(C)cc1CCCC(Br)C(C)(C)C. The second-order valence-electron chi connectivity index (χ2n) is 5.82. The van der Waals surface area contributed by atoms with E-state index in [0.717, 1.165) is 18.7 Å². The van der Waals surface area contributed by atoms with E-state index in [1.54, 1.807) is 0 Å². The Morgan fingerprint density at radius 3 is 2.59 bits per heavy atom. The molecule has 1 rings (SSSR count). The van der Waals surface area contributed by atoms with Gasteiger partial charge in [0.1, 0.15) is 0 Å². The molecule has 98 valence electrons. The maximum absolute atomic E-state index is 4.48. The molecule has 1 heterocycles. The molecule has 3 heteroatoms. The van der Waals surface area contributed by atoms with Gasteiger partial charge in [0, 0.05) is 17.1 Å². The summed E-state index contributed by atoms with van der Waals surface area (Å²) in [7, 11) is 0. The van der Waals surface area contributed by atoms with Gasteiger partial charge in [0.25, 0.3) is 0 Å². The zero-order valence-corrected chi connectivity index (χ0v) is 13.3. The Kier molecular flexibility index (Phi) is 5.23. The van der Waals surface area contributed by atoms with Crippen molar-refractivity contribution in [2.24, 2.45) is 5.41 Å². The maximum Gasteiger partial charge on any atom is 0.0596 e. The second-order valence-corrected chi connectivity index (χ2v) is 6.92. The van der Waals surface area contributed by atoms with E-state index in [0.29, 0.717) is 10.2 Å². The van der Waals surface area contributed by atoms with Crippen molar-refractivity contribution in [2.75, 3.05) is 0 Å². The van der Waals surface area contributed by atoms with Gasteiger partial charge in [-0.3, -0.25) is 4.68 Å². The summed E-state index contributed by atoms with van der Waals surface area (Å²) in [5.74, 6) is 0. The molecule has 0 spiro atoms. The van der Waals surface area contributed by atoms with E-state index in [9.17, 15) is 0 Å². The summed E-state index contributed by atoms with van der Waals surface area (Å²) in [4.78, 5) is 0.592. The van der Waals surface area contributed by atoms with Crippen molar-refractivity contribution in [2.45, 2.75) is 65.3 Å². The Hall–Kier alpha value is -0.310. The van der Waals surface area contributed by atoms with Crippen molar-refractivity contribution in [3.05, 3.63) is 17.5 Å². The average Bonchev–Trinajstić information content (AvgIpc) is 2.57. The smallest absolute Gasteiger partial charge is 0.0596 e. The van der Waals surface area contributed by atoms with Crippen molar-refractivity contribution < 1.29 is 0 Å². The van der Waals surface area contributed by atoms with Gasteiger partial charge in [-0.1, -0.05) is 36.7 Å². The number of halogens is 1. The molecular formula is C14H25BrN2. The molecule has 0 aliphatic rings. The maximum atomic E-state index is 4.48. The molecule has 0 fully saturated rings. The van der Waals surface area contributed by atoms with E-state index >= 15 is 0 Å². The zero-order valence-electron chi connectivity index (χ0n) is 11.8. The summed E-state index contributed by atoms with van der Waals surface area (Å²) in [5, 5.41) is 4.48. The third kappa shape index (κ3) is 4.46. The fourth-order valence-corrected chi connectivity index (χ4v) is 2.29. The monoisotopic (exact) mass is 300 g/mol. The first-order valence-electron chi connectivity index (χ1n) is 6.52. The predicted molar refractivity (Wildman–Crippen MR) is 77.7 cm³/mol. The highest BCUT2D eigenvalue weighted by molar-refractivity contribution is 9.09. The van der Waals surface area contributed by atoms with Gasteiger partial charge in [-0.15, -0.1) is 0 Å². The van der Waals surface area contributed by atoms with Crippen LogP contribution in [0.5, 0.6) is 0 Å². The van der Waals surface area contributed by atoms with Gasteiger partial charge in [-0.2, -0.15) is 5.10 Å². The molecular weight excluding hydrogens is 276 g/mol. The summed E-state index contributed by atoms with van der Waals surface area (Å²) < 4.78 is 2.12. The third-order valence-electron chi connectivity index (χ3n) is 3.12. The fraction of sp³-hybridized carbons (Fsp3) is 0.786. The number of hydrogen-bond acceptors (Lipinski definition) is 1. The minimum Gasteiger partial charge on any atom is -0.270 e. The molecule has 0 amide bonds. The van der Waals surface area contributed by atoms with Crippen LogP contribution in [0, 0.1) is 12.3 Å². The van der Waals surface area contributed by atoms with Crippen LogP contribution in [0.3, 0.4) is 0 Å². The minimum absolute atomic E-state index is 0.348. The Bertz CT molecular complexity index is 350. The number of hydrogen-bond donors (Lipinski definition) is 0. The number of alkyl halides is 1. The van der Waals surface area contributed by atoms with Gasteiger partial charge < -0.3 is 0 Å². The molecule has 17 heavy (non-hydrogen) atoms. The topological polar surface area (TPSA) is 17.8 Å². The van der Waals surface area contributed by atoms with Crippen molar-refractivity contribution in [1.82, 2.24) is 9.78 Å². The van der Waals surface area contributed by atoms with Crippen LogP contribution in [0.25, 0.3) is 0 Å². The Morgan fingerprint density at radius 1 is 1.41 bits per heavy atom. The van der Waals surface area contributed by atoms with E-state index in [4.69, 9.17) is 0 Å². The van der Waals surface area contributed by atoms with E-state index in [-0.39, 0.29) is 0 Å². The quantitative estimate of drug-likeness (QED) is 0.740. The van der Waals surface area contributed by atoms with Crippen molar-refractivity contribution in [3.63, 3.8) is 0 Å². The van der Waals surface area contributed by atoms with Gasteiger partial charge in [-0.05, 0) is 44.6 Å². The van der Waals surface area contributed by atoms with E-state index in [1.807, 2.05) is 0 Å². The van der Waals surface area contributed by atoms with Gasteiger partial charge in [0.15, 0.2) is 0 Å². The van der Waals surface area contributed by atoms with Crippen LogP contribution in [0.15, 0.2) is 6.07 Å². The van der Waals surface area contributed by atoms with Crippen molar-refractivity contribution in [3.8, 4) is 0 Å². The van der Waals surface area contributed by atoms with Crippen LogP contribution in [-0.4, -0.2) is 14.6 Å².